The number of nitrogens with zero attached hydrogens (tertiary/aromatic N) is 2. The molecular weight excluding hydrogens is 408 g/mol. The molecule has 0 radical (unpaired) electrons. The van der Waals surface area contributed by atoms with E-state index in [1.165, 1.54) is 24.4 Å². The molecule has 4 aromatic rings. The molecule has 2 aromatic heterocycles. The number of ether oxygens (including phenoxy) is 2. The fourth-order valence-corrected chi connectivity index (χ4v) is 3.25. The Labute approximate surface area is 164 Å². The molecule has 3 heterocycles. The largest absolute Gasteiger partial charge is 0.586 e. The van der Waals surface area contributed by atoms with Crippen LogP contribution < -0.4 is 9.47 Å². The molecule has 0 saturated carbocycles. The monoisotopic (exact) mass is 418 g/mol. The number of aromatic nitrogens is 4. The van der Waals surface area contributed by atoms with E-state index in [9.17, 15) is 22.4 Å². The Morgan fingerprint density at radius 3 is 2.53 bits per heavy atom. The van der Waals surface area contributed by atoms with E-state index in [-0.39, 0.29) is 23.7 Å². The Balaban J connectivity index is 1.48. The van der Waals surface area contributed by atoms with Crippen molar-refractivity contribution in [2.24, 2.45) is 0 Å². The van der Waals surface area contributed by atoms with Crippen LogP contribution in [0, 0.1) is 11.6 Å². The molecule has 0 bridgehead atoms. The summed E-state index contributed by atoms with van der Waals surface area (Å²) >= 11 is 0. The maximum atomic E-state index is 13.9. The Morgan fingerprint density at radius 2 is 1.80 bits per heavy atom. The van der Waals surface area contributed by atoms with Crippen molar-refractivity contribution in [3.05, 3.63) is 59.3 Å². The molecule has 11 heteroatoms. The highest BCUT2D eigenvalue weighted by atomic mass is 19.3. The van der Waals surface area contributed by atoms with Crippen LogP contribution in [-0.4, -0.2) is 32.2 Å². The standard InChI is InChI=1S/C19H10F4N4O3/c20-9-2-1-3-10(21)16(9)13(28)4-8-7-24-27-17(8)18-25-11-5-14-15(6-12(11)26-18)30-19(22,23)29-14/h1-3,5-7H,4H2,(H,24,27)(H,25,26). The number of carbonyl (C=O) groups is 1. The smallest absolute Gasteiger partial charge is 0.395 e. The third-order valence-electron chi connectivity index (χ3n) is 4.55. The van der Waals surface area contributed by atoms with Gasteiger partial charge in [-0.3, -0.25) is 9.89 Å². The maximum Gasteiger partial charge on any atom is 0.586 e. The summed E-state index contributed by atoms with van der Waals surface area (Å²) < 4.78 is 63.0. The molecule has 1 aliphatic heterocycles. The number of rotatable bonds is 4. The van der Waals surface area contributed by atoms with Crippen molar-refractivity contribution < 1.29 is 31.8 Å². The van der Waals surface area contributed by atoms with Gasteiger partial charge in [0.1, 0.15) is 17.3 Å². The third kappa shape index (κ3) is 2.95. The number of ketones is 1. The molecule has 2 aromatic carbocycles. The molecule has 0 fully saturated rings. The van der Waals surface area contributed by atoms with Gasteiger partial charge in [-0.15, -0.1) is 8.78 Å². The number of nitrogens with one attached hydrogen (secondary N) is 2. The van der Waals surface area contributed by atoms with Crippen molar-refractivity contribution in [3.63, 3.8) is 0 Å². The summed E-state index contributed by atoms with van der Waals surface area (Å²) in [5.74, 6) is -2.76. The normalized spacial score (nSPS) is 14.4. The van der Waals surface area contributed by atoms with Crippen LogP contribution in [0.1, 0.15) is 15.9 Å². The molecule has 0 spiro atoms. The minimum atomic E-state index is -3.75. The average molecular weight is 418 g/mol. The first-order valence-electron chi connectivity index (χ1n) is 8.60. The van der Waals surface area contributed by atoms with Crippen molar-refractivity contribution in [2.75, 3.05) is 0 Å². The molecule has 30 heavy (non-hydrogen) atoms. The molecule has 0 saturated heterocycles. The van der Waals surface area contributed by atoms with E-state index < -0.39 is 29.3 Å². The zero-order valence-corrected chi connectivity index (χ0v) is 14.8. The summed E-state index contributed by atoms with van der Waals surface area (Å²) in [5, 5.41) is 6.54. The number of hydrogen-bond donors (Lipinski definition) is 2. The summed E-state index contributed by atoms with van der Waals surface area (Å²) in [6, 6.07) is 5.75. The molecule has 1 aliphatic rings. The predicted octanol–water partition coefficient (Wildman–Crippen LogP) is 3.98. The molecule has 5 rings (SSSR count). The van der Waals surface area contributed by atoms with Crippen LogP contribution in [0.25, 0.3) is 22.6 Å². The van der Waals surface area contributed by atoms with Gasteiger partial charge in [-0.1, -0.05) is 6.07 Å². The van der Waals surface area contributed by atoms with Gasteiger partial charge < -0.3 is 14.5 Å². The number of benzene rings is 2. The average Bonchev–Trinajstić information content (AvgIpc) is 3.34. The van der Waals surface area contributed by atoms with Gasteiger partial charge in [-0.2, -0.15) is 5.10 Å². The van der Waals surface area contributed by atoms with Crippen LogP contribution in [-0.2, 0) is 6.42 Å². The van der Waals surface area contributed by atoms with E-state index in [1.54, 1.807) is 0 Å². The Hall–Kier alpha value is -3.89. The first-order valence-corrected chi connectivity index (χ1v) is 8.60. The van der Waals surface area contributed by atoms with E-state index in [2.05, 4.69) is 29.6 Å². The minimum absolute atomic E-state index is 0.155. The highest BCUT2D eigenvalue weighted by Crippen LogP contribution is 2.43. The van der Waals surface area contributed by atoms with Crippen LogP contribution >= 0.6 is 0 Å². The van der Waals surface area contributed by atoms with Crippen molar-refractivity contribution in [3.8, 4) is 23.0 Å². The lowest BCUT2D eigenvalue weighted by Gasteiger charge is -2.04. The van der Waals surface area contributed by atoms with Crippen LogP contribution in [0.4, 0.5) is 17.6 Å². The van der Waals surface area contributed by atoms with Gasteiger partial charge in [0.25, 0.3) is 0 Å². The van der Waals surface area contributed by atoms with Gasteiger partial charge >= 0.3 is 6.29 Å². The SMILES string of the molecule is O=C(Cc1cn[nH]c1-c1nc2cc3c(cc2[nH]1)OC(F)(F)O3)c1c(F)cccc1F. The first-order chi connectivity index (χ1) is 14.3. The number of alkyl halides is 2. The fraction of sp³-hybridized carbons (Fsp3) is 0.105. The molecule has 7 nitrogen and oxygen atoms in total. The number of H-pyrrole nitrogens is 2. The van der Waals surface area contributed by atoms with E-state index in [0.717, 1.165) is 12.1 Å². The molecule has 0 aliphatic carbocycles. The number of aromatic amines is 2. The highest BCUT2D eigenvalue weighted by Gasteiger charge is 2.43. The zero-order valence-electron chi connectivity index (χ0n) is 14.8. The number of hydrogen-bond acceptors (Lipinski definition) is 5. The van der Waals surface area contributed by atoms with Gasteiger partial charge in [0.2, 0.25) is 0 Å². The Morgan fingerprint density at radius 1 is 1.10 bits per heavy atom. The number of Topliss-reactive ketones (excluding diaryl/α,β-unsaturated/α-hetero) is 1. The number of halogens is 4. The second-order valence-corrected chi connectivity index (χ2v) is 6.54. The van der Waals surface area contributed by atoms with Crippen LogP contribution in [0.15, 0.2) is 36.5 Å². The Bertz CT molecular complexity index is 1250. The van der Waals surface area contributed by atoms with Crippen molar-refractivity contribution >= 4 is 16.8 Å². The second-order valence-electron chi connectivity index (χ2n) is 6.54. The molecular formula is C19H10F4N4O3. The summed E-state index contributed by atoms with van der Waals surface area (Å²) in [4.78, 5) is 19.6. The summed E-state index contributed by atoms with van der Waals surface area (Å²) in [5.41, 5.74) is 0.687. The minimum Gasteiger partial charge on any atom is -0.395 e. The quantitative estimate of drug-likeness (QED) is 0.386. The second kappa shape index (κ2) is 6.31. The third-order valence-corrected chi connectivity index (χ3v) is 4.55. The topological polar surface area (TPSA) is 92.9 Å². The van der Waals surface area contributed by atoms with E-state index >= 15 is 0 Å². The molecule has 0 amide bonds. The van der Waals surface area contributed by atoms with Gasteiger partial charge in [-0.25, -0.2) is 13.8 Å². The Kier molecular flexibility index (Phi) is 3.82. The summed E-state index contributed by atoms with van der Waals surface area (Å²) in [6.07, 6.45) is -2.75. The van der Waals surface area contributed by atoms with Gasteiger partial charge in [0.15, 0.2) is 23.1 Å². The number of fused-ring (bicyclic) bond motifs is 2. The van der Waals surface area contributed by atoms with Crippen LogP contribution in [0.3, 0.4) is 0 Å². The molecule has 2 N–H and O–H groups in total. The number of imidazole rings is 1. The van der Waals surface area contributed by atoms with E-state index in [4.69, 9.17) is 0 Å². The maximum absolute atomic E-state index is 13.9. The predicted molar refractivity (Wildman–Crippen MR) is 94.3 cm³/mol. The van der Waals surface area contributed by atoms with Gasteiger partial charge in [0, 0.05) is 24.1 Å². The summed E-state index contributed by atoms with van der Waals surface area (Å²) in [6.45, 7) is 0. The lowest BCUT2D eigenvalue weighted by Crippen LogP contribution is -2.25. The van der Waals surface area contributed by atoms with E-state index in [0.29, 0.717) is 22.3 Å². The molecule has 152 valence electrons. The summed E-state index contributed by atoms with van der Waals surface area (Å²) in [7, 11) is 0. The van der Waals surface area contributed by atoms with Crippen LogP contribution in [0.5, 0.6) is 11.5 Å². The van der Waals surface area contributed by atoms with E-state index in [1.807, 2.05) is 0 Å². The van der Waals surface area contributed by atoms with Crippen LogP contribution in [0.2, 0.25) is 0 Å². The van der Waals surface area contributed by atoms with Crippen molar-refractivity contribution in [2.45, 2.75) is 12.7 Å². The highest BCUT2D eigenvalue weighted by molar-refractivity contribution is 5.98. The lowest BCUT2D eigenvalue weighted by atomic mass is 10.0. The zero-order chi connectivity index (χ0) is 21.0. The molecule has 0 unspecified atom stereocenters. The lowest BCUT2D eigenvalue weighted by molar-refractivity contribution is -0.286. The van der Waals surface area contributed by atoms with Gasteiger partial charge in [0.05, 0.1) is 22.8 Å². The molecule has 0 atom stereocenters. The first kappa shape index (κ1) is 18.2. The van der Waals surface area contributed by atoms with Crippen molar-refractivity contribution in [1.29, 1.82) is 0 Å². The van der Waals surface area contributed by atoms with Gasteiger partial charge in [-0.05, 0) is 12.1 Å². The van der Waals surface area contributed by atoms with Crippen molar-refractivity contribution in [1.82, 2.24) is 20.2 Å². The fourth-order valence-electron chi connectivity index (χ4n) is 3.25. The number of carbonyl (C=O) groups excluding carboxylic acids is 1.